The molecule has 18 heavy (non-hydrogen) atoms. The van der Waals surface area contributed by atoms with Crippen LogP contribution in [-0.2, 0) is 6.42 Å². The Morgan fingerprint density at radius 3 is 2.78 bits per heavy atom. The second-order valence-corrected chi connectivity index (χ2v) is 6.20. The van der Waals surface area contributed by atoms with Gasteiger partial charge in [0.1, 0.15) is 0 Å². The van der Waals surface area contributed by atoms with E-state index in [0.29, 0.717) is 12.5 Å². The summed E-state index contributed by atoms with van der Waals surface area (Å²) in [7, 11) is 4.10. The SMILES string of the molecule is CN(C)C(C)(C)CN=C(N)NCCc1cccs1. The third-order valence-electron chi connectivity index (χ3n) is 3.10. The number of hydrogen-bond acceptors (Lipinski definition) is 3. The van der Waals surface area contributed by atoms with Crippen LogP contribution >= 0.6 is 11.3 Å². The Balaban J connectivity index is 2.30. The monoisotopic (exact) mass is 268 g/mol. The Hall–Kier alpha value is -1.07. The van der Waals surface area contributed by atoms with Crippen LogP contribution in [0.1, 0.15) is 18.7 Å². The topological polar surface area (TPSA) is 53.6 Å². The molecule has 102 valence electrons. The van der Waals surface area contributed by atoms with Crippen molar-refractivity contribution >= 4 is 17.3 Å². The lowest BCUT2D eigenvalue weighted by Crippen LogP contribution is -2.42. The zero-order valence-corrected chi connectivity index (χ0v) is 12.5. The van der Waals surface area contributed by atoms with Crippen LogP contribution in [0.25, 0.3) is 0 Å². The van der Waals surface area contributed by atoms with Crippen LogP contribution in [0.2, 0.25) is 0 Å². The number of likely N-dealkylation sites (N-methyl/N-ethyl adjacent to an activating group) is 1. The summed E-state index contributed by atoms with van der Waals surface area (Å²) in [6.07, 6.45) is 0.991. The van der Waals surface area contributed by atoms with Crippen molar-refractivity contribution in [2.75, 3.05) is 27.2 Å². The van der Waals surface area contributed by atoms with Gasteiger partial charge in [-0.05, 0) is 45.8 Å². The van der Waals surface area contributed by atoms with E-state index in [1.165, 1.54) is 4.88 Å². The molecule has 0 spiro atoms. The fourth-order valence-electron chi connectivity index (χ4n) is 1.24. The van der Waals surface area contributed by atoms with Crippen molar-refractivity contribution in [2.45, 2.75) is 25.8 Å². The molecule has 0 bridgehead atoms. The second-order valence-electron chi connectivity index (χ2n) is 5.16. The Morgan fingerprint density at radius 2 is 2.22 bits per heavy atom. The third-order valence-corrected chi connectivity index (χ3v) is 4.04. The molecule has 0 atom stereocenters. The lowest BCUT2D eigenvalue weighted by Gasteiger charge is -2.30. The molecule has 0 saturated carbocycles. The van der Waals surface area contributed by atoms with Crippen molar-refractivity contribution in [3.8, 4) is 0 Å². The summed E-state index contributed by atoms with van der Waals surface area (Å²) < 4.78 is 0. The maximum absolute atomic E-state index is 5.84. The molecule has 0 amide bonds. The van der Waals surface area contributed by atoms with Gasteiger partial charge in [-0.1, -0.05) is 6.07 Å². The van der Waals surface area contributed by atoms with E-state index in [0.717, 1.165) is 13.0 Å². The Morgan fingerprint density at radius 1 is 1.50 bits per heavy atom. The highest BCUT2D eigenvalue weighted by atomic mass is 32.1. The first kappa shape index (κ1) is 15.0. The predicted octanol–water partition coefficient (Wildman–Crippen LogP) is 1.54. The van der Waals surface area contributed by atoms with E-state index in [1.54, 1.807) is 11.3 Å². The van der Waals surface area contributed by atoms with E-state index in [1.807, 2.05) is 0 Å². The smallest absolute Gasteiger partial charge is 0.188 e. The summed E-state index contributed by atoms with van der Waals surface area (Å²) in [5, 5.41) is 5.24. The van der Waals surface area contributed by atoms with Crippen LogP contribution in [0.4, 0.5) is 0 Å². The molecule has 0 aliphatic heterocycles. The fourth-order valence-corrected chi connectivity index (χ4v) is 1.95. The van der Waals surface area contributed by atoms with Gasteiger partial charge in [-0.2, -0.15) is 0 Å². The van der Waals surface area contributed by atoms with E-state index in [9.17, 15) is 0 Å². The van der Waals surface area contributed by atoms with Gasteiger partial charge >= 0.3 is 0 Å². The summed E-state index contributed by atoms with van der Waals surface area (Å²) >= 11 is 1.77. The first-order chi connectivity index (χ1) is 8.42. The standard InChI is InChI=1S/C13H24N4S/c1-13(2,17(3)4)10-16-12(14)15-8-7-11-6-5-9-18-11/h5-6,9H,7-8,10H2,1-4H3,(H3,14,15,16). The molecule has 1 heterocycles. The van der Waals surface area contributed by atoms with Gasteiger partial charge in [0.05, 0.1) is 6.54 Å². The highest BCUT2D eigenvalue weighted by Crippen LogP contribution is 2.10. The van der Waals surface area contributed by atoms with Crippen molar-refractivity contribution in [3.05, 3.63) is 22.4 Å². The largest absolute Gasteiger partial charge is 0.370 e. The quantitative estimate of drug-likeness (QED) is 0.608. The number of aliphatic imine (C=N–C) groups is 1. The molecule has 1 rings (SSSR count). The molecule has 3 N–H and O–H groups in total. The molecule has 0 radical (unpaired) electrons. The molecule has 0 aliphatic rings. The van der Waals surface area contributed by atoms with Gasteiger partial charge in [-0.15, -0.1) is 11.3 Å². The van der Waals surface area contributed by atoms with Gasteiger partial charge in [-0.3, -0.25) is 4.99 Å². The van der Waals surface area contributed by atoms with Crippen LogP contribution in [0.15, 0.2) is 22.5 Å². The van der Waals surface area contributed by atoms with E-state index in [4.69, 9.17) is 5.73 Å². The molecule has 1 aromatic rings. The molecule has 0 unspecified atom stereocenters. The van der Waals surface area contributed by atoms with Crippen molar-refractivity contribution in [1.82, 2.24) is 10.2 Å². The Labute approximate surface area is 114 Å². The van der Waals surface area contributed by atoms with Gasteiger partial charge < -0.3 is 16.0 Å². The summed E-state index contributed by atoms with van der Waals surface area (Å²) in [5.74, 6) is 0.529. The van der Waals surface area contributed by atoms with E-state index >= 15 is 0 Å². The highest BCUT2D eigenvalue weighted by molar-refractivity contribution is 7.09. The summed E-state index contributed by atoms with van der Waals surface area (Å²) in [4.78, 5) is 7.89. The first-order valence-electron chi connectivity index (χ1n) is 6.15. The van der Waals surface area contributed by atoms with Gasteiger partial charge in [0, 0.05) is 17.0 Å². The predicted molar refractivity (Wildman–Crippen MR) is 80.3 cm³/mol. The molecule has 5 heteroatoms. The number of nitrogens with two attached hydrogens (primary N) is 1. The van der Waals surface area contributed by atoms with Gasteiger partial charge in [0.2, 0.25) is 0 Å². The highest BCUT2D eigenvalue weighted by Gasteiger charge is 2.19. The molecular formula is C13H24N4S. The zero-order chi connectivity index (χ0) is 13.6. The van der Waals surface area contributed by atoms with Crippen LogP contribution in [-0.4, -0.2) is 43.6 Å². The number of nitrogens with zero attached hydrogens (tertiary/aromatic N) is 2. The average molecular weight is 268 g/mol. The third kappa shape index (κ3) is 5.06. The molecule has 0 aromatic carbocycles. The van der Waals surface area contributed by atoms with Gasteiger partial charge in [0.15, 0.2) is 5.96 Å². The second kappa shape index (κ2) is 6.75. The lowest BCUT2D eigenvalue weighted by molar-refractivity contribution is 0.205. The van der Waals surface area contributed by atoms with E-state index in [2.05, 4.69) is 60.7 Å². The molecule has 4 nitrogen and oxygen atoms in total. The van der Waals surface area contributed by atoms with Crippen molar-refractivity contribution in [2.24, 2.45) is 10.7 Å². The van der Waals surface area contributed by atoms with Gasteiger partial charge in [-0.25, -0.2) is 0 Å². The van der Waals surface area contributed by atoms with Crippen molar-refractivity contribution < 1.29 is 0 Å². The number of thiophene rings is 1. The maximum atomic E-state index is 5.84. The molecule has 0 saturated heterocycles. The molecule has 0 fully saturated rings. The average Bonchev–Trinajstić information content (AvgIpc) is 2.79. The minimum atomic E-state index is 0.0278. The normalized spacial score (nSPS) is 13.1. The van der Waals surface area contributed by atoms with E-state index < -0.39 is 0 Å². The van der Waals surface area contributed by atoms with Crippen LogP contribution in [0, 0.1) is 0 Å². The maximum Gasteiger partial charge on any atom is 0.188 e. The van der Waals surface area contributed by atoms with Crippen molar-refractivity contribution in [3.63, 3.8) is 0 Å². The summed E-state index contributed by atoms with van der Waals surface area (Å²) in [5.41, 5.74) is 5.87. The number of hydrogen-bond donors (Lipinski definition) is 2. The Kier molecular flexibility index (Phi) is 5.62. The van der Waals surface area contributed by atoms with Crippen molar-refractivity contribution in [1.29, 1.82) is 0 Å². The summed E-state index contributed by atoms with van der Waals surface area (Å²) in [6, 6.07) is 4.20. The van der Waals surface area contributed by atoms with Crippen LogP contribution in [0.3, 0.4) is 0 Å². The minimum absolute atomic E-state index is 0.0278. The minimum Gasteiger partial charge on any atom is -0.370 e. The number of rotatable bonds is 6. The van der Waals surface area contributed by atoms with Crippen LogP contribution < -0.4 is 11.1 Å². The number of nitrogens with one attached hydrogen (secondary N) is 1. The number of guanidine groups is 1. The lowest BCUT2D eigenvalue weighted by atomic mass is 10.1. The molecular weight excluding hydrogens is 244 g/mol. The van der Waals surface area contributed by atoms with Gasteiger partial charge in [0.25, 0.3) is 0 Å². The summed E-state index contributed by atoms with van der Waals surface area (Å²) in [6.45, 7) is 5.82. The Bertz CT molecular complexity index is 368. The van der Waals surface area contributed by atoms with Crippen LogP contribution in [0.5, 0.6) is 0 Å². The fraction of sp³-hybridized carbons (Fsp3) is 0.615. The first-order valence-corrected chi connectivity index (χ1v) is 7.03. The van der Waals surface area contributed by atoms with E-state index in [-0.39, 0.29) is 5.54 Å². The zero-order valence-electron chi connectivity index (χ0n) is 11.7. The molecule has 0 aliphatic carbocycles. The molecule has 1 aromatic heterocycles.